The van der Waals surface area contributed by atoms with Crippen LogP contribution in [0.3, 0.4) is 0 Å². The summed E-state index contributed by atoms with van der Waals surface area (Å²) in [6, 6.07) is 10.0. The van der Waals surface area contributed by atoms with Gasteiger partial charge in [0, 0.05) is 23.8 Å². The number of nitrogens with two attached hydrogens (primary N) is 1. The van der Waals surface area contributed by atoms with Crippen molar-refractivity contribution in [3.05, 3.63) is 53.3 Å². The van der Waals surface area contributed by atoms with Gasteiger partial charge in [0.1, 0.15) is 11.3 Å². The predicted molar refractivity (Wildman–Crippen MR) is 107 cm³/mol. The summed E-state index contributed by atoms with van der Waals surface area (Å²) < 4.78 is 7.00. The highest BCUT2D eigenvalue weighted by Gasteiger charge is 2.12. The number of nitrogens with zero attached hydrogens (tertiary/aromatic N) is 3. The Labute approximate surface area is 155 Å². The van der Waals surface area contributed by atoms with Crippen molar-refractivity contribution >= 4 is 38.3 Å². The summed E-state index contributed by atoms with van der Waals surface area (Å²) in [6.45, 7) is 2.75. The highest BCUT2D eigenvalue weighted by molar-refractivity contribution is 7.19. The summed E-state index contributed by atoms with van der Waals surface area (Å²) in [5, 5.41) is 2.16. The minimum absolute atomic E-state index is 0.483. The van der Waals surface area contributed by atoms with Gasteiger partial charge in [-0.25, -0.2) is 9.97 Å². The quantitative estimate of drug-likeness (QED) is 0.513. The molecule has 0 atom stereocenters. The second-order valence-electron chi connectivity index (χ2n) is 6.13. The van der Waals surface area contributed by atoms with Crippen molar-refractivity contribution in [2.24, 2.45) is 0 Å². The number of ether oxygens (including phenoxy) is 1. The number of benzene rings is 1. The Balaban J connectivity index is 1.51. The normalized spacial score (nSPS) is 11.3. The minimum atomic E-state index is 0.483. The maximum atomic E-state index is 6.11. The molecule has 26 heavy (non-hydrogen) atoms. The Hall–Kier alpha value is -2.73. The zero-order valence-electron chi connectivity index (χ0n) is 14.6. The van der Waals surface area contributed by atoms with Crippen LogP contribution in [0, 0.1) is 0 Å². The van der Waals surface area contributed by atoms with Gasteiger partial charge in [-0.15, -0.1) is 11.3 Å². The minimum Gasteiger partial charge on any atom is -0.494 e. The first-order valence-electron chi connectivity index (χ1n) is 8.75. The first-order valence-corrected chi connectivity index (χ1v) is 9.56. The Morgan fingerprint density at radius 3 is 2.92 bits per heavy atom. The van der Waals surface area contributed by atoms with Gasteiger partial charge in [-0.2, -0.15) is 0 Å². The zero-order chi connectivity index (χ0) is 17.9. The molecule has 0 fully saturated rings. The smallest absolute Gasteiger partial charge is 0.151 e. The second-order valence-corrected chi connectivity index (χ2v) is 7.21. The lowest BCUT2D eigenvalue weighted by molar-refractivity contribution is 0.311. The lowest BCUT2D eigenvalue weighted by Crippen LogP contribution is -2.00. The molecule has 0 aliphatic carbocycles. The summed E-state index contributed by atoms with van der Waals surface area (Å²) in [5.74, 6) is 1.30. The van der Waals surface area contributed by atoms with Crippen molar-refractivity contribution in [2.75, 3.05) is 12.3 Å². The van der Waals surface area contributed by atoms with Crippen LogP contribution in [0.1, 0.15) is 23.9 Å². The van der Waals surface area contributed by atoms with Gasteiger partial charge in [0.15, 0.2) is 5.82 Å². The van der Waals surface area contributed by atoms with Crippen LogP contribution in [0.4, 0.5) is 5.82 Å². The third kappa shape index (κ3) is 3.32. The van der Waals surface area contributed by atoms with E-state index in [0.717, 1.165) is 51.1 Å². The van der Waals surface area contributed by atoms with Gasteiger partial charge >= 0.3 is 0 Å². The molecule has 132 valence electrons. The van der Waals surface area contributed by atoms with Gasteiger partial charge in [-0.3, -0.25) is 4.98 Å². The molecule has 0 amide bonds. The van der Waals surface area contributed by atoms with E-state index in [9.17, 15) is 0 Å². The summed E-state index contributed by atoms with van der Waals surface area (Å²) in [4.78, 5) is 13.2. The molecule has 3 aromatic heterocycles. The number of rotatable bonds is 6. The molecule has 6 heteroatoms. The highest BCUT2D eigenvalue weighted by atomic mass is 32.1. The molecule has 1 aromatic carbocycles. The summed E-state index contributed by atoms with van der Waals surface area (Å²) in [7, 11) is 0. The Morgan fingerprint density at radius 1 is 1.19 bits per heavy atom. The van der Waals surface area contributed by atoms with Crippen molar-refractivity contribution in [3.63, 3.8) is 0 Å². The maximum Gasteiger partial charge on any atom is 0.151 e. The molecule has 0 saturated heterocycles. The lowest BCUT2D eigenvalue weighted by Gasteiger charge is -2.08. The fourth-order valence-corrected chi connectivity index (χ4v) is 4.00. The average Bonchev–Trinajstić information content (AvgIpc) is 3.11. The van der Waals surface area contributed by atoms with Crippen molar-refractivity contribution in [2.45, 2.75) is 26.2 Å². The summed E-state index contributed by atoms with van der Waals surface area (Å²) in [5.41, 5.74) is 9.00. The van der Waals surface area contributed by atoms with E-state index in [-0.39, 0.29) is 0 Å². The van der Waals surface area contributed by atoms with Crippen molar-refractivity contribution in [1.82, 2.24) is 15.0 Å². The molecule has 2 N–H and O–H groups in total. The molecular formula is C20H20N4OS. The third-order valence-electron chi connectivity index (χ3n) is 4.27. The SMILES string of the molecule is CCc1nc2c(N)nc3cc(OCCCc4cccnc4)ccc3c2s1. The molecule has 3 heterocycles. The van der Waals surface area contributed by atoms with E-state index in [2.05, 4.69) is 34.0 Å². The van der Waals surface area contributed by atoms with Crippen LogP contribution in [0.2, 0.25) is 0 Å². The van der Waals surface area contributed by atoms with Crippen molar-refractivity contribution in [1.29, 1.82) is 0 Å². The van der Waals surface area contributed by atoms with E-state index in [1.165, 1.54) is 5.56 Å². The maximum absolute atomic E-state index is 6.11. The molecule has 0 bridgehead atoms. The van der Waals surface area contributed by atoms with Crippen LogP contribution in [0.15, 0.2) is 42.7 Å². The van der Waals surface area contributed by atoms with Gasteiger partial charge in [-0.05, 0) is 43.0 Å². The van der Waals surface area contributed by atoms with Crippen LogP contribution in [0.5, 0.6) is 5.75 Å². The molecule has 0 aliphatic heterocycles. The van der Waals surface area contributed by atoms with E-state index in [1.54, 1.807) is 17.5 Å². The van der Waals surface area contributed by atoms with E-state index >= 15 is 0 Å². The summed E-state index contributed by atoms with van der Waals surface area (Å²) >= 11 is 1.69. The van der Waals surface area contributed by atoms with Crippen LogP contribution < -0.4 is 10.5 Å². The number of anilines is 1. The fraction of sp³-hybridized carbons (Fsp3) is 0.250. The molecule has 0 spiro atoms. The molecule has 0 aliphatic rings. The zero-order valence-corrected chi connectivity index (χ0v) is 15.4. The van der Waals surface area contributed by atoms with Crippen LogP contribution in [-0.2, 0) is 12.8 Å². The largest absolute Gasteiger partial charge is 0.494 e. The number of pyridine rings is 2. The molecule has 0 radical (unpaired) electrons. The van der Waals surface area contributed by atoms with Gasteiger partial charge < -0.3 is 10.5 Å². The van der Waals surface area contributed by atoms with Crippen molar-refractivity contribution in [3.8, 4) is 5.75 Å². The van der Waals surface area contributed by atoms with Crippen LogP contribution in [0.25, 0.3) is 21.1 Å². The molecule has 4 aromatic rings. The van der Waals surface area contributed by atoms with Gasteiger partial charge in [0.25, 0.3) is 0 Å². The van der Waals surface area contributed by atoms with E-state index in [4.69, 9.17) is 10.5 Å². The first kappa shape index (κ1) is 16.7. The second kappa shape index (κ2) is 7.25. The topological polar surface area (TPSA) is 73.9 Å². The first-order chi connectivity index (χ1) is 12.7. The van der Waals surface area contributed by atoms with Gasteiger partial charge in [-0.1, -0.05) is 13.0 Å². The monoisotopic (exact) mass is 364 g/mol. The van der Waals surface area contributed by atoms with Gasteiger partial charge in [0.2, 0.25) is 0 Å². The predicted octanol–water partition coefficient (Wildman–Crippen LogP) is 4.40. The number of hydrogen-bond donors (Lipinski definition) is 1. The highest BCUT2D eigenvalue weighted by Crippen LogP contribution is 2.34. The van der Waals surface area contributed by atoms with Gasteiger partial charge in [0.05, 0.1) is 21.8 Å². The van der Waals surface area contributed by atoms with E-state index < -0.39 is 0 Å². The van der Waals surface area contributed by atoms with E-state index in [1.807, 2.05) is 24.4 Å². The number of aryl methyl sites for hydroxylation is 2. The average molecular weight is 364 g/mol. The van der Waals surface area contributed by atoms with E-state index in [0.29, 0.717) is 12.4 Å². The molecular weight excluding hydrogens is 344 g/mol. The Bertz CT molecular complexity index is 1050. The molecule has 4 rings (SSSR count). The van der Waals surface area contributed by atoms with Crippen LogP contribution in [-0.4, -0.2) is 21.6 Å². The number of nitrogen functional groups attached to an aromatic ring is 1. The number of hydrogen-bond acceptors (Lipinski definition) is 6. The van der Waals surface area contributed by atoms with Crippen molar-refractivity contribution < 1.29 is 4.74 Å². The molecule has 5 nitrogen and oxygen atoms in total. The Morgan fingerprint density at radius 2 is 2.12 bits per heavy atom. The number of fused-ring (bicyclic) bond motifs is 3. The summed E-state index contributed by atoms with van der Waals surface area (Å²) in [6.07, 6.45) is 6.48. The molecule has 0 unspecified atom stereocenters. The Kier molecular flexibility index (Phi) is 4.67. The number of thiazole rings is 1. The third-order valence-corrected chi connectivity index (χ3v) is 5.51. The van der Waals surface area contributed by atoms with Crippen LogP contribution >= 0.6 is 11.3 Å². The number of aromatic nitrogens is 3. The standard InChI is InChI=1S/C20H20N4OS/c1-2-17-24-18-19(26-17)15-8-7-14(11-16(15)23-20(18)21)25-10-4-6-13-5-3-9-22-12-13/h3,5,7-9,11-12H,2,4,6,10H2,1H3,(H2,21,23). The lowest BCUT2D eigenvalue weighted by atomic mass is 10.2. The fourth-order valence-electron chi connectivity index (χ4n) is 2.95. The molecule has 0 saturated carbocycles.